The van der Waals surface area contributed by atoms with Gasteiger partial charge < -0.3 is 24.3 Å². The molecule has 42 heavy (non-hydrogen) atoms. The minimum atomic E-state index is -1.02. The summed E-state index contributed by atoms with van der Waals surface area (Å²) in [6.45, 7) is 4.79. The number of H-pyrrole nitrogens is 1. The van der Waals surface area contributed by atoms with Crippen LogP contribution in [0.25, 0.3) is 22.3 Å². The molecule has 12 heteroatoms. The average molecular weight is 575 g/mol. The number of carbonyl (C=O) groups excluding carboxylic acids is 2. The van der Waals surface area contributed by atoms with Crippen molar-refractivity contribution in [3.63, 3.8) is 0 Å². The Kier molecular flexibility index (Phi) is 7.19. The molecule has 1 fully saturated rings. The number of halogens is 2. The number of rotatable bonds is 5. The van der Waals surface area contributed by atoms with E-state index in [1.165, 1.54) is 13.2 Å². The minimum Gasteiger partial charge on any atom is -0.491 e. The first-order valence-corrected chi connectivity index (χ1v) is 13.4. The van der Waals surface area contributed by atoms with E-state index in [4.69, 9.17) is 9.47 Å². The van der Waals surface area contributed by atoms with Crippen molar-refractivity contribution in [1.82, 2.24) is 24.8 Å². The molecule has 0 spiro atoms. The molecule has 10 nitrogen and oxygen atoms in total. The van der Waals surface area contributed by atoms with E-state index in [-0.39, 0.29) is 44.4 Å². The number of anilines is 1. The highest BCUT2D eigenvalue weighted by Crippen LogP contribution is 2.34. The standard InChI is InChI=1S/C30H28F2N6O4/c1-17(41-2)34-29-35-25-13-20(15-33-28(25)36-29)18-4-6-27-21(11-18)16-37(9-10-42-27)30(40)38-8-7-22(39)14-26(38)19-3-5-23(31)24(32)12-19/h3-6,11-13,15,26H,1,7-10,14,16H2,2H3,(H2,33,34,35,36). The SMILES string of the molecule is C=C(Nc1nc2ncc(-c3ccc4c(c3)CN(C(=O)N3CCC(=O)CC3c3ccc(F)c(F)c3)CCO4)cc2[nH]1)OC. The molecule has 4 aromatic rings. The van der Waals surface area contributed by atoms with E-state index >= 15 is 0 Å². The zero-order chi connectivity index (χ0) is 29.4. The Morgan fingerprint density at radius 2 is 2.00 bits per heavy atom. The number of likely N-dealkylation sites (tertiary alicyclic amines) is 1. The molecule has 0 bridgehead atoms. The number of carbonyl (C=O) groups is 2. The summed E-state index contributed by atoms with van der Waals surface area (Å²) in [5, 5.41) is 2.92. The van der Waals surface area contributed by atoms with Crippen molar-refractivity contribution >= 4 is 28.9 Å². The second-order valence-corrected chi connectivity index (χ2v) is 10.2. The number of fused-ring (bicyclic) bond motifs is 2. The maximum absolute atomic E-state index is 14.1. The zero-order valence-electron chi connectivity index (χ0n) is 22.8. The van der Waals surface area contributed by atoms with Gasteiger partial charge in [-0.2, -0.15) is 4.98 Å². The van der Waals surface area contributed by atoms with Crippen LogP contribution in [0.3, 0.4) is 0 Å². The van der Waals surface area contributed by atoms with E-state index in [0.717, 1.165) is 28.8 Å². The van der Waals surface area contributed by atoms with Gasteiger partial charge in [-0.1, -0.05) is 12.1 Å². The number of aromatic amines is 1. The molecule has 0 radical (unpaired) electrons. The number of aromatic nitrogens is 3. The number of ketones is 1. The van der Waals surface area contributed by atoms with Crippen LogP contribution in [-0.2, 0) is 16.1 Å². The number of ether oxygens (including phenoxy) is 2. The summed E-state index contributed by atoms with van der Waals surface area (Å²) in [5.41, 5.74) is 4.13. The number of imidazole rings is 1. The maximum Gasteiger partial charge on any atom is 0.320 e. The van der Waals surface area contributed by atoms with Crippen molar-refractivity contribution < 1.29 is 27.8 Å². The normalized spacial score (nSPS) is 16.9. The van der Waals surface area contributed by atoms with Crippen molar-refractivity contribution in [1.29, 1.82) is 0 Å². The highest BCUT2D eigenvalue weighted by atomic mass is 19.2. The molecule has 216 valence electrons. The predicted octanol–water partition coefficient (Wildman–Crippen LogP) is 5.15. The first-order chi connectivity index (χ1) is 20.3. The van der Waals surface area contributed by atoms with Crippen molar-refractivity contribution in [3.8, 4) is 16.9 Å². The smallest absolute Gasteiger partial charge is 0.320 e. The molecule has 1 atom stereocenters. The Hall–Kier alpha value is -5.00. The molecule has 0 aliphatic carbocycles. The quantitative estimate of drug-likeness (QED) is 0.317. The number of urea groups is 1. The van der Waals surface area contributed by atoms with Gasteiger partial charge in [0.25, 0.3) is 0 Å². The van der Waals surface area contributed by atoms with Crippen molar-refractivity contribution in [2.75, 3.05) is 32.1 Å². The molecule has 2 N–H and O–H groups in total. The Balaban J connectivity index is 1.25. The lowest BCUT2D eigenvalue weighted by atomic mass is 9.94. The van der Waals surface area contributed by atoms with Crippen LogP contribution in [0.15, 0.2) is 61.1 Å². The summed E-state index contributed by atoms with van der Waals surface area (Å²) in [6.07, 6.45) is 1.97. The molecule has 6 rings (SSSR count). The van der Waals surface area contributed by atoms with Gasteiger partial charge >= 0.3 is 6.03 Å². The van der Waals surface area contributed by atoms with E-state index in [9.17, 15) is 18.4 Å². The van der Waals surface area contributed by atoms with E-state index in [1.807, 2.05) is 24.3 Å². The summed E-state index contributed by atoms with van der Waals surface area (Å²) in [4.78, 5) is 41.4. The van der Waals surface area contributed by atoms with Crippen molar-refractivity contribution in [2.45, 2.75) is 25.4 Å². The number of piperidine rings is 1. The molecular formula is C30H28F2N6O4. The number of amides is 2. The fraction of sp³-hybridized carbons (Fsp3) is 0.267. The fourth-order valence-electron chi connectivity index (χ4n) is 5.29. The lowest BCUT2D eigenvalue weighted by Gasteiger charge is -2.38. The lowest BCUT2D eigenvalue weighted by molar-refractivity contribution is -0.122. The largest absolute Gasteiger partial charge is 0.491 e. The van der Waals surface area contributed by atoms with Gasteiger partial charge in [-0.05, 0) is 48.0 Å². The van der Waals surface area contributed by atoms with Crippen LogP contribution in [0, 0.1) is 11.6 Å². The number of nitrogens with zero attached hydrogens (tertiary/aromatic N) is 4. The number of pyridine rings is 1. The van der Waals surface area contributed by atoms with Gasteiger partial charge in [0.1, 0.15) is 18.1 Å². The van der Waals surface area contributed by atoms with Gasteiger partial charge in [0.2, 0.25) is 5.95 Å². The van der Waals surface area contributed by atoms with Crippen molar-refractivity contribution in [3.05, 3.63) is 83.9 Å². The molecular weight excluding hydrogens is 546 g/mol. The highest BCUT2D eigenvalue weighted by Gasteiger charge is 2.35. The second kappa shape index (κ2) is 11.1. The van der Waals surface area contributed by atoms with Gasteiger partial charge in [0.15, 0.2) is 23.2 Å². The number of hydrogen-bond acceptors (Lipinski definition) is 7. The van der Waals surface area contributed by atoms with E-state index in [0.29, 0.717) is 40.9 Å². The molecule has 2 aromatic carbocycles. The summed E-state index contributed by atoms with van der Waals surface area (Å²) in [7, 11) is 1.50. The minimum absolute atomic E-state index is 0.0302. The summed E-state index contributed by atoms with van der Waals surface area (Å²) in [6, 6.07) is 10.2. The van der Waals surface area contributed by atoms with Crippen LogP contribution < -0.4 is 10.1 Å². The van der Waals surface area contributed by atoms with Crippen LogP contribution in [0.2, 0.25) is 0 Å². The highest BCUT2D eigenvalue weighted by molar-refractivity contribution is 5.84. The van der Waals surface area contributed by atoms with Gasteiger partial charge in [-0.3, -0.25) is 10.1 Å². The lowest BCUT2D eigenvalue weighted by Crippen LogP contribution is -2.48. The summed E-state index contributed by atoms with van der Waals surface area (Å²) >= 11 is 0. The molecule has 2 aliphatic rings. The zero-order valence-corrected chi connectivity index (χ0v) is 22.8. The molecule has 0 saturated carbocycles. The average Bonchev–Trinajstić information content (AvgIpc) is 3.26. The monoisotopic (exact) mass is 574 g/mol. The third kappa shape index (κ3) is 5.35. The number of hydrogen-bond donors (Lipinski definition) is 2. The van der Waals surface area contributed by atoms with Gasteiger partial charge in [-0.25, -0.2) is 18.6 Å². The van der Waals surface area contributed by atoms with Gasteiger partial charge in [-0.15, -0.1) is 0 Å². The summed E-state index contributed by atoms with van der Waals surface area (Å²) < 4.78 is 38.7. The molecule has 1 saturated heterocycles. The first-order valence-electron chi connectivity index (χ1n) is 13.4. The molecule has 2 amide bonds. The number of methoxy groups -OCH3 is 1. The van der Waals surface area contributed by atoms with E-state index in [1.54, 1.807) is 16.0 Å². The van der Waals surface area contributed by atoms with Crippen LogP contribution in [0.5, 0.6) is 5.75 Å². The van der Waals surface area contributed by atoms with Crippen LogP contribution in [0.1, 0.15) is 30.0 Å². The number of nitrogens with one attached hydrogen (secondary N) is 2. The van der Waals surface area contributed by atoms with Crippen LogP contribution >= 0.6 is 0 Å². The summed E-state index contributed by atoms with van der Waals surface area (Å²) in [5.74, 6) is -0.568. The Bertz CT molecular complexity index is 1710. The van der Waals surface area contributed by atoms with Crippen molar-refractivity contribution in [2.24, 2.45) is 0 Å². The fourth-order valence-corrected chi connectivity index (χ4v) is 5.29. The van der Waals surface area contributed by atoms with Gasteiger partial charge in [0, 0.05) is 36.7 Å². The maximum atomic E-state index is 14.1. The molecule has 2 aromatic heterocycles. The molecule has 1 unspecified atom stereocenters. The van der Waals surface area contributed by atoms with Crippen LogP contribution in [0.4, 0.5) is 19.5 Å². The Morgan fingerprint density at radius 1 is 1.14 bits per heavy atom. The van der Waals surface area contributed by atoms with Crippen LogP contribution in [-0.4, -0.2) is 63.4 Å². The number of benzene rings is 2. The van der Waals surface area contributed by atoms with E-state index < -0.39 is 17.7 Å². The Morgan fingerprint density at radius 3 is 2.81 bits per heavy atom. The van der Waals surface area contributed by atoms with Gasteiger partial charge in [0.05, 0.1) is 31.8 Å². The predicted molar refractivity (Wildman–Crippen MR) is 150 cm³/mol. The number of Topliss-reactive ketones (excluding diaryl/α,β-unsaturated/α-hetero) is 1. The third-order valence-corrected chi connectivity index (χ3v) is 7.49. The topological polar surface area (TPSA) is 113 Å². The van der Waals surface area contributed by atoms with E-state index in [2.05, 4.69) is 26.8 Å². The molecule has 2 aliphatic heterocycles. The third-order valence-electron chi connectivity index (χ3n) is 7.49. The Labute approximate surface area is 240 Å². The molecule has 4 heterocycles. The second-order valence-electron chi connectivity index (χ2n) is 10.2. The first kappa shape index (κ1) is 27.2.